The van der Waals surface area contributed by atoms with Crippen LogP contribution in [0.5, 0.6) is 0 Å². The summed E-state index contributed by atoms with van der Waals surface area (Å²) < 4.78 is 12.2. The first kappa shape index (κ1) is 21.4. The maximum Gasteiger partial charge on any atom is 0.0959 e. The van der Waals surface area contributed by atoms with Gasteiger partial charge in [0.25, 0.3) is 0 Å². The van der Waals surface area contributed by atoms with Crippen LogP contribution >= 0.6 is 0 Å². The minimum Gasteiger partial charge on any atom is -0.501 e. The molecule has 4 aliphatic carbocycles. The Bertz CT molecular complexity index is 635. The van der Waals surface area contributed by atoms with Crippen LogP contribution in [0.4, 0.5) is 0 Å². The molecule has 0 N–H and O–H groups in total. The quantitative estimate of drug-likeness (QED) is 0.468. The van der Waals surface area contributed by atoms with E-state index in [1.54, 1.807) is 11.1 Å². The molecule has 2 saturated carbocycles. The van der Waals surface area contributed by atoms with E-state index in [1.807, 2.05) is 7.11 Å². The van der Waals surface area contributed by atoms with E-state index in [9.17, 15) is 0 Å². The van der Waals surface area contributed by atoms with Gasteiger partial charge < -0.3 is 14.4 Å². The van der Waals surface area contributed by atoms with E-state index in [0.29, 0.717) is 11.5 Å². The number of likely N-dealkylation sites (N-methyl/N-ethyl adjacent to an activating group) is 1. The molecule has 0 saturated heterocycles. The van der Waals surface area contributed by atoms with E-state index in [1.165, 1.54) is 50.7 Å². The fourth-order valence-electron chi connectivity index (χ4n) is 7.59. The summed E-state index contributed by atoms with van der Waals surface area (Å²) in [6, 6.07) is 0. The van der Waals surface area contributed by atoms with E-state index in [4.69, 9.17) is 9.47 Å². The molecular formula is C26H43NO2. The van der Waals surface area contributed by atoms with Crippen molar-refractivity contribution in [2.24, 2.45) is 23.2 Å². The van der Waals surface area contributed by atoms with Gasteiger partial charge in [-0.05, 0) is 93.7 Å². The Morgan fingerprint density at radius 3 is 2.66 bits per heavy atom. The molecule has 0 aromatic carbocycles. The van der Waals surface area contributed by atoms with Gasteiger partial charge in [-0.15, -0.1) is 0 Å². The van der Waals surface area contributed by atoms with Gasteiger partial charge in [0.1, 0.15) is 0 Å². The van der Waals surface area contributed by atoms with Crippen LogP contribution < -0.4 is 0 Å². The van der Waals surface area contributed by atoms with Crippen molar-refractivity contribution in [2.75, 3.05) is 33.4 Å². The molecule has 164 valence electrons. The number of hydrogen-bond donors (Lipinski definition) is 0. The number of rotatable bonds is 8. The summed E-state index contributed by atoms with van der Waals surface area (Å²) in [5.74, 6) is 3.82. The Morgan fingerprint density at radius 1 is 1.10 bits per heavy atom. The van der Waals surface area contributed by atoms with Crippen molar-refractivity contribution in [3.63, 3.8) is 0 Å². The van der Waals surface area contributed by atoms with E-state index < -0.39 is 0 Å². The van der Waals surface area contributed by atoms with Crippen LogP contribution in [0.2, 0.25) is 0 Å². The number of hydrogen-bond acceptors (Lipinski definition) is 3. The molecule has 4 rings (SSSR count). The average molecular weight is 402 g/mol. The van der Waals surface area contributed by atoms with Crippen molar-refractivity contribution in [1.29, 1.82) is 0 Å². The van der Waals surface area contributed by atoms with E-state index >= 15 is 0 Å². The van der Waals surface area contributed by atoms with Crippen LogP contribution in [0.3, 0.4) is 0 Å². The maximum atomic E-state index is 6.64. The van der Waals surface area contributed by atoms with Crippen LogP contribution in [0.15, 0.2) is 23.0 Å². The average Bonchev–Trinajstić information content (AvgIpc) is 3.15. The van der Waals surface area contributed by atoms with Crippen LogP contribution in [0, 0.1) is 23.2 Å². The largest absolute Gasteiger partial charge is 0.501 e. The number of methoxy groups -OCH3 is 1. The third kappa shape index (κ3) is 3.82. The zero-order chi connectivity index (χ0) is 20.4. The molecule has 3 heteroatoms. The minimum absolute atomic E-state index is 0.449. The lowest BCUT2D eigenvalue weighted by atomic mass is 9.53. The molecule has 0 spiro atoms. The predicted molar refractivity (Wildman–Crippen MR) is 120 cm³/mol. The smallest absolute Gasteiger partial charge is 0.0959 e. The fourth-order valence-corrected chi connectivity index (χ4v) is 7.59. The first-order valence-electron chi connectivity index (χ1n) is 12.4. The number of ether oxygens (including phenoxy) is 2. The molecule has 4 aliphatic rings. The SMILES string of the molecule is CCN(CC)CCO[C@H]1CC[C@H]2[C@@H]3CCC4=C(CC=C(OC)C4)[C@H]3CC[C@]12CC. The van der Waals surface area contributed by atoms with Gasteiger partial charge in [0.15, 0.2) is 0 Å². The molecule has 0 bridgehead atoms. The Morgan fingerprint density at radius 2 is 1.93 bits per heavy atom. The highest BCUT2D eigenvalue weighted by atomic mass is 16.5. The van der Waals surface area contributed by atoms with Crippen molar-refractivity contribution in [3.05, 3.63) is 23.0 Å². The number of fused-ring (bicyclic) bond motifs is 4. The standard InChI is InChI=1S/C26H43NO2/c1-5-26-15-14-22-21-11-9-20(28-4)18-19(21)8-10-23(22)24(26)12-13-25(26)29-17-16-27(6-2)7-3/h9,22-25H,5-8,10-18H2,1-4H3/t22-,23-,24+,25+,26+/m1/s1. The zero-order valence-corrected chi connectivity index (χ0v) is 19.3. The van der Waals surface area contributed by atoms with Crippen molar-refractivity contribution in [3.8, 4) is 0 Å². The Hall–Kier alpha value is -0.800. The van der Waals surface area contributed by atoms with Crippen molar-refractivity contribution in [2.45, 2.75) is 84.7 Å². The van der Waals surface area contributed by atoms with E-state index in [0.717, 1.165) is 56.8 Å². The second-order valence-corrected chi connectivity index (χ2v) is 9.89. The fraction of sp³-hybridized carbons (Fsp3) is 0.846. The van der Waals surface area contributed by atoms with Gasteiger partial charge in [-0.3, -0.25) is 0 Å². The topological polar surface area (TPSA) is 21.7 Å². The Balaban J connectivity index is 1.44. The minimum atomic E-state index is 0.449. The highest BCUT2D eigenvalue weighted by molar-refractivity contribution is 5.32. The first-order valence-corrected chi connectivity index (χ1v) is 12.4. The normalized spacial score (nSPS) is 36.5. The Kier molecular flexibility index (Phi) is 6.75. The molecule has 0 aliphatic heterocycles. The maximum absolute atomic E-state index is 6.64. The van der Waals surface area contributed by atoms with Gasteiger partial charge >= 0.3 is 0 Å². The lowest BCUT2D eigenvalue weighted by Gasteiger charge is -2.53. The van der Waals surface area contributed by atoms with Crippen LogP contribution in [-0.2, 0) is 9.47 Å². The van der Waals surface area contributed by atoms with E-state index in [2.05, 4.69) is 31.7 Å². The van der Waals surface area contributed by atoms with Crippen molar-refractivity contribution in [1.82, 2.24) is 4.90 Å². The summed E-state index contributed by atoms with van der Waals surface area (Å²) in [4.78, 5) is 2.49. The van der Waals surface area contributed by atoms with Gasteiger partial charge in [0.2, 0.25) is 0 Å². The Labute approximate surface area is 178 Å². The molecular weight excluding hydrogens is 358 g/mol. The van der Waals surface area contributed by atoms with Gasteiger partial charge in [-0.2, -0.15) is 0 Å². The van der Waals surface area contributed by atoms with Gasteiger partial charge in [-0.1, -0.05) is 31.9 Å². The summed E-state index contributed by atoms with van der Waals surface area (Å²) in [5, 5.41) is 0. The van der Waals surface area contributed by atoms with Gasteiger partial charge in [0, 0.05) is 13.0 Å². The molecule has 3 nitrogen and oxygen atoms in total. The summed E-state index contributed by atoms with van der Waals surface area (Å²) in [6.07, 6.45) is 14.5. The third-order valence-corrected chi connectivity index (χ3v) is 9.23. The summed E-state index contributed by atoms with van der Waals surface area (Å²) in [5.41, 5.74) is 3.97. The van der Waals surface area contributed by atoms with Crippen LogP contribution in [-0.4, -0.2) is 44.4 Å². The lowest BCUT2D eigenvalue weighted by molar-refractivity contribution is -0.0847. The summed E-state index contributed by atoms with van der Waals surface area (Å²) in [7, 11) is 1.83. The van der Waals surface area contributed by atoms with Gasteiger partial charge in [-0.25, -0.2) is 0 Å². The molecule has 29 heavy (non-hydrogen) atoms. The van der Waals surface area contributed by atoms with Gasteiger partial charge in [0.05, 0.1) is 25.6 Å². The molecule has 5 atom stereocenters. The van der Waals surface area contributed by atoms with Crippen LogP contribution in [0.25, 0.3) is 0 Å². The molecule has 0 aromatic rings. The second kappa shape index (κ2) is 9.14. The highest BCUT2D eigenvalue weighted by Gasteiger charge is 2.57. The van der Waals surface area contributed by atoms with Crippen molar-refractivity contribution >= 4 is 0 Å². The summed E-state index contributed by atoms with van der Waals surface area (Å²) >= 11 is 0. The number of allylic oxidation sites excluding steroid dienone is 3. The molecule has 2 fully saturated rings. The predicted octanol–water partition coefficient (Wildman–Crippen LogP) is 5.96. The molecule has 0 unspecified atom stereocenters. The van der Waals surface area contributed by atoms with Crippen molar-refractivity contribution < 1.29 is 9.47 Å². The van der Waals surface area contributed by atoms with E-state index in [-0.39, 0.29) is 0 Å². The zero-order valence-electron chi connectivity index (χ0n) is 19.3. The molecule has 0 heterocycles. The molecule has 0 aromatic heterocycles. The number of nitrogens with zero attached hydrogens (tertiary/aromatic N) is 1. The monoisotopic (exact) mass is 401 g/mol. The lowest BCUT2D eigenvalue weighted by Crippen LogP contribution is -2.47. The third-order valence-electron chi connectivity index (χ3n) is 9.23. The van der Waals surface area contributed by atoms with Crippen LogP contribution in [0.1, 0.15) is 78.6 Å². The highest BCUT2D eigenvalue weighted by Crippen LogP contribution is 2.63. The first-order chi connectivity index (χ1) is 14.2. The molecule has 0 radical (unpaired) electrons. The summed E-state index contributed by atoms with van der Waals surface area (Å²) in [6.45, 7) is 11.2. The second-order valence-electron chi connectivity index (χ2n) is 9.89. The molecule has 0 amide bonds.